The van der Waals surface area contributed by atoms with Crippen molar-refractivity contribution < 1.29 is 26.3 Å². The number of ether oxygens (including phenoxy) is 1. The molecule has 12 heteroatoms. The maximum Gasteiger partial charge on any atom is 0.390 e. The smallest absolute Gasteiger partial charge is 0.379 e. The van der Waals surface area contributed by atoms with Crippen LogP contribution in [0.25, 0.3) is 0 Å². The zero-order valence-corrected chi connectivity index (χ0v) is 19.9. The lowest BCUT2D eigenvalue weighted by Gasteiger charge is -2.26. The van der Waals surface area contributed by atoms with Gasteiger partial charge in [-0.3, -0.25) is 0 Å². The minimum atomic E-state index is -4.25. The summed E-state index contributed by atoms with van der Waals surface area (Å²) >= 11 is 0. The average Bonchev–Trinajstić information content (AvgIpc) is 2.66. The highest BCUT2D eigenvalue weighted by atomic mass is 127. The standard InChI is InChI=1S/C18H27F3N4O3S.HI/c1-2-22-17(23-8-7-18(19,20)21)24-13-15-5-3-4-6-16(15)14-29(26,27)25-9-11-28-12-10-25;/h3-6H,2,7-14H2,1H3,(H2,22,23,24);1H. The van der Waals surface area contributed by atoms with E-state index in [1.165, 1.54) is 4.31 Å². The van der Waals surface area contributed by atoms with Crippen molar-refractivity contribution in [3.63, 3.8) is 0 Å². The van der Waals surface area contributed by atoms with Crippen LogP contribution in [-0.2, 0) is 27.1 Å². The number of halogens is 4. The second-order valence-corrected chi connectivity index (χ2v) is 8.49. The number of guanidine groups is 1. The summed E-state index contributed by atoms with van der Waals surface area (Å²) in [6.45, 7) is 3.57. The number of benzene rings is 1. The normalized spacial score (nSPS) is 16.1. The topological polar surface area (TPSA) is 83.0 Å². The molecule has 1 aromatic rings. The third kappa shape index (κ3) is 9.35. The van der Waals surface area contributed by atoms with Crippen LogP contribution in [0, 0.1) is 0 Å². The van der Waals surface area contributed by atoms with Crippen LogP contribution in [0.1, 0.15) is 24.5 Å². The summed E-state index contributed by atoms with van der Waals surface area (Å²) < 4.78 is 69.0. The Bertz CT molecular complexity index is 785. The van der Waals surface area contributed by atoms with Gasteiger partial charge in [0.2, 0.25) is 10.0 Å². The summed E-state index contributed by atoms with van der Waals surface area (Å²) in [6, 6.07) is 7.03. The molecule has 30 heavy (non-hydrogen) atoms. The Kier molecular flexibility index (Phi) is 11.4. The predicted molar refractivity (Wildman–Crippen MR) is 120 cm³/mol. The van der Waals surface area contributed by atoms with E-state index in [1.54, 1.807) is 24.3 Å². The second kappa shape index (κ2) is 12.7. The molecule has 0 aromatic heterocycles. The molecule has 0 spiro atoms. The number of nitrogens with one attached hydrogen (secondary N) is 2. The molecule has 1 aromatic carbocycles. The van der Waals surface area contributed by atoms with Gasteiger partial charge in [0, 0.05) is 26.2 Å². The molecule has 2 rings (SSSR count). The molecule has 0 saturated carbocycles. The minimum absolute atomic E-state index is 0. The first-order valence-electron chi connectivity index (χ1n) is 9.42. The van der Waals surface area contributed by atoms with Gasteiger partial charge in [-0.05, 0) is 18.1 Å². The van der Waals surface area contributed by atoms with Crippen LogP contribution in [0.15, 0.2) is 29.3 Å². The van der Waals surface area contributed by atoms with Gasteiger partial charge in [-0.1, -0.05) is 24.3 Å². The molecule has 0 aliphatic carbocycles. The maximum atomic E-state index is 12.7. The van der Waals surface area contributed by atoms with E-state index in [2.05, 4.69) is 15.6 Å². The SMILES string of the molecule is CCNC(=NCc1ccccc1CS(=O)(=O)N1CCOCC1)NCCC(F)(F)F.I. The summed E-state index contributed by atoms with van der Waals surface area (Å²) in [6.07, 6.45) is -5.21. The quantitative estimate of drug-likeness (QED) is 0.288. The van der Waals surface area contributed by atoms with Gasteiger partial charge in [0.25, 0.3) is 0 Å². The second-order valence-electron chi connectivity index (χ2n) is 6.52. The van der Waals surface area contributed by atoms with Crippen LogP contribution < -0.4 is 10.6 Å². The summed E-state index contributed by atoms with van der Waals surface area (Å²) in [5.41, 5.74) is 1.33. The first-order valence-corrected chi connectivity index (χ1v) is 11.0. The Labute approximate surface area is 192 Å². The molecule has 0 radical (unpaired) electrons. The molecule has 1 saturated heterocycles. The molecule has 2 N–H and O–H groups in total. The van der Waals surface area contributed by atoms with E-state index in [9.17, 15) is 21.6 Å². The Balaban J connectivity index is 0.00000450. The van der Waals surface area contributed by atoms with E-state index in [0.29, 0.717) is 44.0 Å². The average molecular weight is 564 g/mol. The zero-order valence-electron chi connectivity index (χ0n) is 16.7. The molecule has 0 atom stereocenters. The Morgan fingerprint density at radius 1 is 1.17 bits per heavy atom. The van der Waals surface area contributed by atoms with Crippen molar-refractivity contribution in [2.45, 2.75) is 31.8 Å². The van der Waals surface area contributed by atoms with Crippen molar-refractivity contribution in [3.05, 3.63) is 35.4 Å². The van der Waals surface area contributed by atoms with Gasteiger partial charge in [-0.2, -0.15) is 17.5 Å². The van der Waals surface area contributed by atoms with Gasteiger partial charge in [-0.25, -0.2) is 13.4 Å². The van der Waals surface area contributed by atoms with E-state index >= 15 is 0 Å². The fourth-order valence-electron chi connectivity index (χ4n) is 2.79. The van der Waals surface area contributed by atoms with E-state index in [0.717, 1.165) is 0 Å². The highest BCUT2D eigenvalue weighted by Crippen LogP contribution is 2.19. The first-order chi connectivity index (χ1) is 13.7. The van der Waals surface area contributed by atoms with Crippen LogP contribution in [-0.4, -0.2) is 64.3 Å². The van der Waals surface area contributed by atoms with Crippen molar-refractivity contribution in [2.24, 2.45) is 4.99 Å². The first kappa shape index (κ1) is 26.9. The van der Waals surface area contributed by atoms with Gasteiger partial charge in [-0.15, -0.1) is 24.0 Å². The van der Waals surface area contributed by atoms with Crippen LogP contribution in [0.3, 0.4) is 0 Å². The number of alkyl halides is 3. The summed E-state index contributed by atoms with van der Waals surface area (Å²) in [4.78, 5) is 4.31. The van der Waals surface area contributed by atoms with Crippen molar-refractivity contribution in [1.82, 2.24) is 14.9 Å². The van der Waals surface area contributed by atoms with Gasteiger partial charge >= 0.3 is 6.18 Å². The number of rotatable bonds is 8. The summed E-state index contributed by atoms with van der Waals surface area (Å²) in [5.74, 6) is 0.0964. The molecule has 0 amide bonds. The van der Waals surface area contributed by atoms with E-state index in [1.807, 2.05) is 6.92 Å². The van der Waals surface area contributed by atoms with E-state index in [4.69, 9.17) is 4.74 Å². The highest BCUT2D eigenvalue weighted by molar-refractivity contribution is 14.0. The van der Waals surface area contributed by atoms with Gasteiger partial charge in [0.15, 0.2) is 5.96 Å². The molecular weight excluding hydrogens is 536 g/mol. The zero-order chi connectivity index (χ0) is 21.3. The molecule has 0 unspecified atom stereocenters. The number of sulfonamides is 1. The van der Waals surface area contributed by atoms with Crippen LogP contribution in [0.4, 0.5) is 13.2 Å². The van der Waals surface area contributed by atoms with E-state index < -0.39 is 22.6 Å². The van der Waals surface area contributed by atoms with Crippen molar-refractivity contribution in [3.8, 4) is 0 Å². The van der Waals surface area contributed by atoms with Gasteiger partial charge in [0.1, 0.15) is 0 Å². The van der Waals surface area contributed by atoms with Crippen LogP contribution in [0.5, 0.6) is 0 Å². The summed E-state index contributed by atoms with van der Waals surface area (Å²) in [5, 5.41) is 5.54. The third-order valence-electron chi connectivity index (χ3n) is 4.27. The van der Waals surface area contributed by atoms with Crippen molar-refractivity contribution in [1.29, 1.82) is 0 Å². The predicted octanol–water partition coefficient (Wildman–Crippen LogP) is 2.47. The Morgan fingerprint density at radius 2 is 1.80 bits per heavy atom. The lowest BCUT2D eigenvalue weighted by atomic mass is 10.1. The van der Waals surface area contributed by atoms with Gasteiger partial charge < -0.3 is 15.4 Å². The monoisotopic (exact) mass is 564 g/mol. The molecule has 7 nitrogen and oxygen atoms in total. The highest BCUT2D eigenvalue weighted by Gasteiger charge is 2.27. The number of aliphatic imine (C=N–C) groups is 1. The number of morpholine rings is 1. The Morgan fingerprint density at radius 3 is 2.40 bits per heavy atom. The number of hydrogen-bond donors (Lipinski definition) is 2. The van der Waals surface area contributed by atoms with Crippen molar-refractivity contribution in [2.75, 3.05) is 39.4 Å². The van der Waals surface area contributed by atoms with Crippen LogP contribution in [0.2, 0.25) is 0 Å². The molecular formula is C18H28F3IN4O3S. The largest absolute Gasteiger partial charge is 0.390 e. The third-order valence-corrected chi connectivity index (χ3v) is 6.10. The van der Waals surface area contributed by atoms with Crippen LogP contribution >= 0.6 is 24.0 Å². The molecule has 1 heterocycles. The Hall–Kier alpha value is -1.12. The fourth-order valence-corrected chi connectivity index (χ4v) is 4.36. The number of hydrogen-bond acceptors (Lipinski definition) is 4. The summed E-state index contributed by atoms with van der Waals surface area (Å²) in [7, 11) is -3.49. The van der Waals surface area contributed by atoms with Crippen molar-refractivity contribution >= 4 is 40.0 Å². The molecule has 0 bridgehead atoms. The number of nitrogens with zero attached hydrogens (tertiary/aromatic N) is 2. The molecule has 1 aliphatic rings. The minimum Gasteiger partial charge on any atom is -0.379 e. The molecule has 172 valence electrons. The lowest BCUT2D eigenvalue weighted by Crippen LogP contribution is -2.41. The fraction of sp³-hybridized carbons (Fsp3) is 0.611. The molecule has 1 fully saturated rings. The van der Waals surface area contributed by atoms with E-state index in [-0.39, 0.29) is 48.8 Å². The van der Waals surface area contributed by atoms with Gasteiger partial charge in [0.05, 0.1) is 31.9 Å². The lowest BCUT2D eigenvalue weighted by molar-refractivity contribution is -0.132. The maximum absolute atomic E-state index is 12.7. The molecule has 1 aliphatic heterocycles.